The lowest BCUT2D eigenvalue weighted by Gasteiger charge is -2.35. The summed E-state index contributed by atoms with van der Waals surface area (Å²) >= 11 is 0. The van der Waals surface area contributed by atoms with Crippen molar-refractivity contribution in [1.29, 1.82) is 0 Å². The van der Waals surface area contributed by atoms with E-state index in [0.29, 0.717) is 11.1 Å². The molecule has 0 aromatic heterocycles. The van der Waals surface area contributed by atoms with Crippen LogP contribution in [0.5, 0.6) is 0 Å². The van der Waals surface area contributed by atoms with Crippen LogP contribution >= 0.6 is 0 Å². The topological polar surface area (TPSA) is 78.7 Å². The maximum absolute atomic E-state index is 12.5. The maximum Gasteiger partial charge on any atom is 0.255 e. The Balaban J connectivity index is 1.70. The molecule has 1 saturated heterocycles. The predicted octanol–water partition coefficient (Wildman–Crippen LogP) is 2.49. The van der Waals surface area contributed by atoms with Gasteiger partial charge in [-0.15, -0.1) is 0 Å². The van der Waals surface area contributed by atoms with Gasteiger partial charge in [0.2, 0.25) is 5.91 Å². The summed E-state index contributed by atoms with van der Waals surface area (Å²) in [6.07, 6.45) is 0. The molecule has 0 unspecified atom stereocenters. The fraction of sp³-hybridized carbons (Fsp3) is 0.333. The van der Waals surface area contributed by atoms with E-state index in [2.05, 4.69) is 28.1 Å². The third-order valence-electron chi connectivity index (χ3n) is 5.05. The lowest BCUT2D eigenvalue weighted by Crippen LogP contribution is -2.46. The van der Waals surface area contributed by atoms with E-state index in [1.165, 1.54) is 11.8 Å². The van der Waals surface area contributed by atoms with Crippen LogP contribution in [0.15, 0.2) is 42.5 Å². The van der Waals surface area contributed by atoms with Crippen LogP contribution in [0.2, 0.25) is 0 Å². The number of nitrogens with zero attached hydrogens (tertiary/aromatic N) is 2. The number of rotatable bonds is 5. The molecule has 6 nitrogen and oxygen atoms in total. The Morgan fingerprint density at radius 3 is 2.37 bits per heavy atom. The zero-order valence-electron chi connectivity index (χ0n) is 15.9. The van der Waals surface area contributed by atoms with E-state index in [0.717, 1.165) is 44.0 Å². The first-order valence-electron chi connectivity index (χ1n) is 9.27. The van der Waals surface area contributed by atoms with E-state index < -0.39 is 5.91 Å². The third-order valence-corrected chi connectivity index (χ3v) is 5.05. The Labute approximate surface area is 159 Å². The first-order valence-corrected chi connectivity index (χ1v) is 9.27. The largest absolute Gasteiger partial charge is 0.369 e. The van der Waals surface area contributed by atoms with Gasteiger partial charge < -0.3 is 20.9 Å². The molecule has 0 saturated carbocycles. The highest BCUT2D eigenvalue weighted by Crippen LogP contribution is 2.24. The normalized spacial score (nSPS) is 14.8. The Morgan fingerprint density at radius 1 is 1.04 bits per heavy atom. The average molecular weight is 366 g/mol. The van der Waals surface area contributed by atoms with E-state index in [4.69, 9.17) is 5.73 Å². The van der Waals surface area contributed by atoms with Crippen LogP contribution in [0, 0.1) is 6.92 Å². The van der Waals surface area contributed by atoms with Crippen molar-refractivity contribution < 1.29 is 9.59 Å². The molecule has 2 aromatic rings. The number of likely N-dealkylation sites (N-methyl/N-ethyl adjacent to an activating group) is 1. The van der Waals surface area contributed by atoms with E-state index in [9.17, 15) is 9.59 Å². The second-order valence-corrected chi connectivity index (χ2v) is 6.82. The number of aryl methyl sites for hydroxylation is 1. The Hall–Kier alpha value is -2.86. The average Bonchev–Trinajstić information content (AvgIpc) is 2.69. The van der Waals surface area contributed by atoms with Gasteiger partial charge in [-0.05, 0) is 55.4 Å². The van der Waals surface area contributed by atoms with Gasteiger partial charge in [-0.3, -0.25) is 9.59 Å². The van der Waals surface area contributed by atoms with Crippen molar-refractivity contribution in [3.63, 3.8) is 0 Å². The molecule has 0 aliphatic carbocycles. The molecule has 1 aliphatic rings. The van der Waals surface area contributed by atoms with Gasteiger partial charge in [0.1, 0.15) is 0 Å². The van der Waals surface area contributed by atoms with Gasteiger partial charge in [0.05, 0.1) is 0 Å². The molecule has 27 heavy (non-hydrogen) atoms. The molecule has 3 N–H and O–H groups in total. The highest BCUT2D eigenvalue weighted by Gasteiger charge is 2.17. The van der Waals surface area contributed by atoms with Gasteiger partial charge >= 0.3 is 0 Å². The van der Waals surface area contributed by atoms with Gasteiger partial charge in [-0.2, -0.15) is 0 Å². The monoisotopic (exact) mass is 366 g/mol. The van der Waals surface area contributed by atoms with Crippen LogP contribution < -0.4 is 16.0 Å². The SMILES string of the molecule is CCN1CCN(c2ccc(NC(=O)c3cccc(C(N)=O)c3)c(C)c2)CC1. The van der Waals surface area contributed by atoms with Crippen molar-refractivity contribution in [2.45, 2.75) is 13.8 Å². The third kappa shape index (κ3) is 4.46. The summed E-state index contributed by atoms with van der Waals surface area (Å²) in [7, 11) is 0. The van der Waals surface area contributed by atoms with Crippen LogP contribution in [0.3, 0.4) is 0 Å². The first-order chi connectivity index (χ1) is 13.0. The van der Waals surface area contributed by atoms with Crippen LogP contribution in [0.4, 0.5) is 11.4 Å². The molecule has 1 aliphatic heterocycles. The molecule has 2 aromatic carbocycles. The zero-order valence-corrected chi connectivity index (χ0v) is 15.9. The molecule has 0 spiro atoms. The number of anilines is 2. The number of piperazine rings is 1. The zero-order chi connectivity index (χ0) is 19.4. The highest BCUT2D eigenvalue weighted by atomic mass is 16.2. The molecule has 6 heteroatoms. The minimum absolute atomic E-state index is 0.259. The molecule has 1 heterocycles. The number of benzene rings is 2. The summed E-state index contributed by atoms with van der Waals surface area (Å²) in [4.78, 5) is 28.6. The van der Waals surface area contributed by atoms with E-state index in [1.807, 2.05) is 19.1 Å². The summed E-state index contributed by atoms with van der Waals surface area (Å²) in [6, 6.07) is 12.5. The number of carbonyl (C=O) groups is 2. The van der Waals surface area contributed by atoms with E-state index in [1.54, 1.807) is 18.2 Å². The molecular weight excluding hydrogens is 340 g/mol. The minimum Gasteiger partial charge on any atom is -0.369 e. The summed E-state index contributed by atoms with van der Waals surface area (Å²) in [6.45, 7) is 9.44. The van der Waals surface area contributed by atoms with Crippen molar-refractivity contribution in [2.24, 2.45) is 5.73 Å². The van der Waals surface area contributed by atoms with Crippen LogP contribution in [0.25, 0.3) is 0 Å². The first kappa shape index (κ1) is 18.9. The summed E-state index contributed by atoms with van der Waals surface area (Å²) in [5, 5.41) is 2.92. The molecule has 2 amide bonds. The van der Waals surface area contributed by atoms with Gasteiger partial charge in [0, 0.05) is 48.7 Å². The van der Waals surface area contributed by atoms with Gasteiger partial charge in [0.15, 0.2) is 0 Å². The van der Waals surface area contributed by atoms with Crippen molar-refractivity contribution in [2.75, 3.05) is 42.9 Å². The summed E-state index contributed by atoms with van der Waals surface area (Å²) in [5.74, 6) is -0.807. The van der Waals surface area contributed by atoms with Gasteiger partial charge in [0.25, 0.3) is 5.91 Å². The number of amides is 2. The number of primary amides is 1. The Kier molecular flexibility index (Phi) is 5.76. The molecule has 1 fully saturated rings. The summed E-state index contributed by atoms with van der Waals surface area (Å²) in [5.41, 5.74) is 8.96. The molecule has 0 bridgehead atoms. The second-order valence-electron chi connectivity index (χ2n) is 6.82. The fourth-order valence-electron chi connectivity index (χ4n) is 3.32. The highest BCUT2D eigenvalue weighted by molar-refractivity contribution is 6.06. The molecule has 0 atom stereocenters. The maximum atomic E-state index is 12.5. The van der Waals surface area contributed by atoms with Crippen LogP contribution in [0.1, 0.15) is 33.2 Å². The van der Waals surface area contributed by atoms with Crippen LogP contribution in [-0.2, 0) is 0 Å². The smallest absolute Gasteiger partial charge is 0.255 e. The van der Waals surface area contributed by atoms with Gasteiger partial charge in [-0.1, -0.05) is 13.0 Å². The quantitative estimate of drug-likeness (QED) is 0.852. The minimum atomic E-state index is -0.548. The van der Waals surface area contributed by atoms with Crippen molar-refractivity contribution in [3.8, 4) is 0 Å². The molecule has 0 radical (unpaired) electrons. The lowest BCUT2D eigenvalue weighted by molar-refractivity contribution is 0.1000. The number of hydrogen-bond acceptors (Lipinski definition) is 4. The Morgan fingerprint density at radius 2 is 1.74 bits per heavy atom. The number of hydrogen-bond donors (Lipinski definition) is 2. The summed E-state index contributed by atoms with van der Waals surface area (Å²) < 4.78 is 0. The predicted molar refractivity (Wildman–Crippen MR) is 108 cm³/mol. The number of carbonyl (C=O) groups excluding carboxylic acids is 2. The molecule has 142 valence electrons. The van der Waals surface area contributed by atoms with Crippen LogP contribution in [-0.4, -0.2) is 49.4 Å². The van der Waals surface area contributed by atoms with Gasteiger partial charge in [-0.25, -0.2) is 0 Å². The fourth-order valence-corrected chi connectivity index (χ4v) is 3.32. The molecule has 3 rings (SSSR count). The number of nitrogens with one attached hydrogen (secondary N) is 1. The van der Waals surface area contributed by atoms with E-state index in [-0.39, 0.29) is 5.91 Å². The lowest BCUT2D eigenvalue weighted by atomic mass is 10.1. The van der Waals surface area contributed by atoms with E-state index >= 15 is 0 Å². The standard InChI is InChI=1S/C21H26N4O2/c1-3-24-9-11-25(12-10-24)18-7-8-19(15(2)13-18)23-21(27)17-6-4-5-16(14-17)20(22)26/h4-8,13-14H,3,9-12H2,1-2H3,(H2,22,26)(H,23,27). The molecular formula is C21H26N4O2. The van der Waals surface area contributed by atoms with Crippen molar-refractivity contribution in [1.82, 2.24) is 4.90 Å². The Bertz CT molecular complexity index is 842. The second kappa shape index (κ2) is 8.22. The van der Waals surface area contributed by atoms with Crippen molar-refractivity contribution >= 4 is 23.2 Å². The van der Waals surface area contributed by atoms with Crippen molar-refractivity contribution in [3.05, 3.63) is 59.2 Å². The number of nitrogens with two attached hydrogens (primary N) is 1.